The summed E-state index contributed by atoms with van der Waals surface area (Å²) in [6.45, 7) is 1.81. The number of carbonyl (C=O) groups is 2. The van der Waals surface area contributed by atoms with Crippen LogP contribution in [0.25, 0.3) is 65.9 Å². The minimum absolute atomic E-state index is 0. The molecule has 0 radical (unpaired) electrons. The molecule has 2 amide bonds. The highest BCUT2D eigenvalue weighted by atomic mass is 16.3. The summed E-state index contributed by atoms with van der Waals surface area (Å²) >= 11 is 0. The number of benzene rings is 6. The molecule has 54 heavy (non-hydrogen) atoms. The van der Waals surface area contributed by atoms with Crippen molar-refractivity contribution in [1.29, 1.82) is 0 Å². The van der Waals surface area contributed by atoms with E-state index in [2.05, 4.69) is 105 Å². The first kappa shape index (κ1) is 32.5. The lowest BCUT2D eigenvalue weighted by molar-refractivity contribution is 0.0958. The van der Waals surface area contributed by atoms with E-state index < -0.39 is 0 Å². The van der Waals surface area contributed by atoms with Crippen molar-refractivity contribution in [3.63, 3.8) is 0 Å². The molecule has 4 heterocycles. The van der Waals surface area contributed by atoms with Gasteiger partial charge in [-0.3, -0.25) is 9.59 Å². The quantitative estimate of drug-likeness (QED) is 0.145. The summed E-state index contributed by atoms with van der Waals surface area (Å²) in [7, 11) is 0. The molecule has 0 spiro atoms. The number of rotatable bonds is 2. The van der Waals surface area contributed by atoms with Gasteiger partial charge in [-0.15, -0.1) is 0 Å². The van der Waals surface area contributed by atoms with Crippen LogP contribution in [0.5, 0.6) is 0 Å². The molecule has 0 fully saturated rings. The van der Waals surface area contributed by atoms with E-state index in [1.807, 2.05) is 12.1 Å². The fourth-order valence-electron chi connectivity index (χ4n) is 9.98. The van der Waals surface area contributed by atoms with Crippen molar-refractivity contribution in [3.05, 3.63) is 142 Å². The van der Waals surface area contributed by atoms with E-state index in [1.165, 1.54) is 60.8 Å². The second kappa shape index (κ2) is 12.2. The Morgan fingerprint density at radius 2 is 1.19 bits per heavy atom. The van der Waals surface area contributed by atoms with Crippen molar-refractivity contribution in [2.45, 2.75) is 52.7 Å². The summed E-state index contributed by atoms with van der Waals surface area (Å²) in [5.41, 5.74) is 18.8. The first-order chi connectivity index (χ1) is 26.1. The van der Waals surface area contributed by atoms with Gasteiger partial charge in [0.1, 0.15) is 0 Å². The van der Waals surface area contributed by atoms with Gasteiger partial charge in [0, 0.05) is 68.9 Å². The minimum atomic E-state index is 0. The van der Waals surface area contributed by atoms with Gasteiger partial charge in [0.05, 0.1) is 23.2 Å². The number of fused-ring (bicyclic) bond motifs is 20. The minimum Gasteiger partial charge on any atom is -0.395 e. The third-order valence-corrected chi connectivity index (χ3v) is 12.1. The van der Waals surface area contributed by atoms with Crippen molar-refractivity contribution in [2.24, 2.45) is 0 Å². The van der Waals surface area contributed by atoms with E-state index in [1.54, 1.807) is 0 Å². The van der Waals surface area contributed by atoms with Gasteiger partial charge >= 0.3 is 0 Å². The lowest BCUT2D eigenvalue weighted by Gasteiger charge is -2.24. The molecule has 2 aliphatic heterocycles. The molecule has 0 atom stereocenters. The number of nitrogens with one attached hydrogen (secondary N) is 3. The molecule has 266 valence electrons. The monoisotopic (exact) mass is 708 g/mol. The fourth-order valence-corrected chi connectivity index (χ4v) is 9.98. The summed E-state index contributed by atoms with van der Waals surface area (Å²) in [6.07, 6.45) is 3.86. The second-order valence-corrected chi connectivity index (χ2v) is 14.6. The Hall–Kier alpha value is -6.18. The Bertz CT molecular complexity index is 2910. The van der Waals surface area contributed by atoms with Crippen LogP contribution >= 0.6 is 0 Å². The van der Waals surface area contributed by atoms with Crippen molar-refractivity contribution < 1.29 is 14.7 Å². The molecule has 0 bridgehead atoms. The number of aliphatic hydroxyl groups is 1. The number of aromatic nitrogens is 2. The summed E-state index contributed by atoms with van der Waals surface area (Å²) in [5.74, 6) is 0.103. The highest BCUT2D eigenvalue weighted by molar-refractivity contribution is 6.24. The predicted molar refractivity (Wildman–Crippen MR) is 217 cm³/mol. The Morgan fingerprint density at radius 3 is 1.94 bits per heavy atom. The SMILES string of the molecule is C.O=C1NCc2c1c1c(c3[nH]c4ccccc4c23)-c2ccccc2CC1.O=C1NCc2c3c(c4c(c21)c1ccccc1n4CCO)-c1ccccc1CC3. The third kappa shape index (κ3) is 4.39. The molecule has 0 saturated heterocycles. The number of H-pyrrole nitrogens is 1. The Labute approximate surface area is 312 Å². The van der Waals surface area contributed by atoms with Crippen LogP contribution in [0.15, 0.2) is 97.1 Å². The molecule has 2 aliphatic carbocycles. The van der Waals surface area contributed by atoms with Gasteiger partial charge in [-0.05, 0) is 82.3 Å². The van der Waals surface area contributed by atoms with Crippen LogP contribution in [-0.4, -0.2) is 33.1 Å². The standard InChI is InChI=1S/C24H20N2O2.C22H16N2O.CH4/c27-12-11-26-19-8-4-3-7-17(19)21-22-18(13-25-24(22)28)16-10-9-14-5-1-2-6-15(14)20(16)23(21)26;25-22-20-15-10-9-12-5-1-2-6-13(12)18(15)21-19(16(20)11-23-22)14-7-3-4-8-17(14)24-21;/h1-8,27H,9-13H2,(H,25,28);1-8,24H,9-11H2,(H,23,25);1H4. The van der Waals surface area contributed by atoms with E-state index in [-0.39, 0.29) is 25.8 Å². The molecule has 0 unspecified atom stereocenters. The van der Waals surface area contributed by atoms with Gasteiger partial charge in [0.2, 0.25) is 0 Å². The molecule has 12 rings (SSSR count). The Kier molecular flexibility index (Phi) is 7.33. The number of carbonyl (C=O) groups excluding carboxylic acids is 2. The van der Waals surface area contributed by atoms with E-state index in [9.17, 15) is 14.7 Å². The van der Waals surface area contributed by atoms with E-state index >= 15 is 0 Å². The molecular weight excluding hydrogens is 669 g/mol. The summed E-state index contributed by atoms with van der Waals surface area (Å²) in [4.78, 5) is 29.1. The van der Waals surface area contributed by atoms with Crippen LogP contribution in [-0.2, 0) is 45.3 Å². The van der Waals surface area contributed by atoms with Crippen molar-refractivity contribution in [2.75, 3.05) is 6.61 Å². The zero-order chi connectivity index (χ0) is 35.4. The molecule has 4 N–H and O–H groups in total. The molecule has 8 aromatic rings. The third-order valence-electron chi connectivity index (χ3n) is 12.1. The number of aryl methyl sites for hydroxylation is 2. The van der Waals surface area contributed by atoms with Crippen LogP contribution < -0.4 is 10.6 Å². The van der Waals surface area contributed by atoms with Crippen molar-refractivity contribution in [3.8, 4) is 22.3 Å². The number of amides is 2. The van der Waals surface area contributed by atoms with Crippen LogP contribution in [0, 0.1) is 0 Å². The normalized spacial score (nSPS) is 14.7. The lowest BCUT2D eigenvalue weighted by atomic mass is 9.80. The molecule has 2 aromatic heterocycles. The highest BCUT2D eigenvalue weighted by Gasteiger charge is 2.35. The van der Waals surface area contributed by atoms with Crippen LogP contribution in [0.2, 0.25) is 0 Å². The van der Waals surface area contributed by atoms with Crippen LogP contribution in [0.1, 0.15) is 61.5 Å². The molecule has 0 saturated carbocycles. The zero-order valence-electron chi connectivity index (χ0n) is 29.1. The number of aliphatic hydroxyl groups excluding tert-OH is 1. The van der Waals surface area contributed by atoms with Gasteiger partial charge in [-0.2, -0.15) is 0 Å². The maximum atomic E-state index is 12.9. The van der Waals surface area contributed by atoms with Gasteiger partial charge in [-0.25, -0.2) is 0 Å². The topological polar surface area (TPSA) is 99.1 Å². The van der Waals surface area contributed by atoms with Crippen molar-refractivity contribution in [1.82, 2.24) is 20.2 Å². The van der Waals surface area contributed by atoms with E-state index in [0.29, 0.717) is 19.6 Å². The predicted octanol–water partition coefficient (Wildman–Crippen LogP) is 8.76. The summed E-state index contributed by atoms with van der Waals surface area (Å²) in [6, 6.07) is 33.8. The average Bonchev–Trinajstić information content (AvgIpc) is 3.97. The van der Waals surface area contributed by atoms with Crippen LogP contribution in [0.3, 0.4) is 0 Å². The number of para-hydroxylation sites is 2. The first-order valence-corrected chi connectivity index (χ1v) is 18.6. The van der Waals surface area contributed by atoms with Gasteiger partial charge in [0.15, 0.2) is 0 Å². The summed E-state index contributed by atoms with van der Waals surface area (Å²) in [5, 5.41) is 20.4. The molecule has 7 nitrogen and oxygen atoms in total. The second-order valence-electron chi connectivity index (χ2n) is 14.6. The first-order valence-electron chi connectivity index (χ1n) is 18.6. The molecule has 7 heteroatoms. The maximum absolute atomic E-state index is 12.9. The fraction of sp³-hybridized carbons (Fsp3) is 0.191. The Morgan fingerprint density at radius 1 is 0.574 bits per heavy atom. The molecule has 6 aromatic carbocycles. The maximum Gasteiger partial charge on any atom is 0.252 e. The van der Waals surface area contributed by atoms with Crippen LogP contribution in [0.4, 0.5) is 0 Å². The van der Waals surface area contributed by atoms with E-state index in [4.69, 9.17) is 0 Å². The largest absolute Gasteiger partial charge is 0.395 e. The van der Waals surface area contributed by atoms with E-state index in [0.717, 1.165) is 75.3 Å². The van der Waals surface area contributed by atoms with Crippen molar-refractivity contribution >= 4 is 55.4 Å². The number of hydrogen-bond acceptors (Lipinski definition) is 3. The zero-order valence-corrected chi connectivity index (χ0v) is 29.1. The van der Waals surface area contributed by atoms with Gasteiger partial charge in [0.25, 0.3) is 11.8 Å². The number of aromatic amines is 1. The van der Waals surface area contributed by atoms with Gasteiger partial charge < -0.3 is 25.3 Å². The molecular formula is C47H40N4O3. The average molecular weight is 709 g/mol. The highest BCUT2D eigenvalue weighted by Crippen LogP contribution is 2.48. The Balaban J connectivity index is 0.000000132. The van der Waals surface area contributed by atoms with Gasteiger partial charge in [-0.1, -0.05) is 92.4 Å². The lowest BCUT2D eigenvalue weighted by Crippen LogP contribution is -2.15. The number of hydrogen-bond donors (Lipinski definition) is 4. The smallest absolute Gasteiger partial charge is 0.252 e. The number of nitrogens with zero attached hydrogens (tertiary/aromatic N) is 1. The summed E-state index contributed by atoms with van der Waals surface area (Å²) < 4.78 is 2.21. The molecule has 4 aliphatic rings.